The van der Waals surface area contributed by atoms with E-state index in [0.717, 1.165) is 5.56 Å². The van der Waals surface area contributed by atoms with E-state index in [1.807, 2.05) is 25.1 Å². The number of hydrogen-bond donors (Lipinski definition) is 0. The van der Waals surface area contributed by atoms with Gasteiger partial charge in [0, 0.05) is 11.2 Å². The Morgan fingerprint density at radius 2 is 1.58 bits per heavy atom. The quantitative estimate of drug-likeness (QED) is 0.872. The van der Waals surface area contributed by atoms with Crippen molar-refractivity contribution in [2.75, 3.05) is 6.26 Å². The fraction of sp³-hybridized carbons (Fsp3) is 0.143. The Labute approximate surface area is 116 Å². The maximum atomic E-state index is 12.5. The van der Waals surface area contributed by atoms with E-state index in [0.29, 0.717) is 9.79 Å². The lowest BCUT2D eigenvalue weighted by Crippen LogP contribution is -2.00. The highest BCUT2D eigenvalue weighted by atomic mass is 32.3. The van der Waals surface area contributed by atoms with Gasteiger partial charge in [-0.1, -0.05) is 35.9 Å². The molecule has 0 saturated carbocycles. The normalized spacial score (nSPS) is 15.5. The van der Waals surface area contributed by atoms with Crippen LogP contribution in [0.25, 0.3) is 0 Å². The van der Waals surface area contributed by atoms with Crippen molar-refractivity contribution in [3.05, 3.63) is 60.2 Å². The van der Waals surface area contributed by atoms with Gasteiger partial charge in [0.25, 0.3) is 0 Å². The predicted octanol–water partition coefficient (Wildman–Crippen LogP) is 3.17. The first kappa shape index (κ1) is 14.0. The molecular weight excluding hydrogens is 278 g/mol. The number of hydrogen-bond acceptors (Lipinski definition) is 2. The number of benzene rings is 2. The Morgan fingerprint density at radius 1 is 1.00 bits per heavy atom. The molecule has 0 bridgehead atoms. The summed E-state index contributed by atoms with van der Waals surface area (Å²) in [6.45, 7) is 1.96. The summed E-state index contributed by atoms with van der Waals surface area (Å²) in [6.07, 6.45) is 1.51. The van der Waals surface area contributed by atoms with E-state index < -0.39 is 20.7 Å². The highest BCUT2D eigenvalue weighted by Crippen LogP contribution is 2.15. The van der Waals surface area contributed by atoms with Crippen LogP contribution >= 0.6 is 0 Å². The molecule has 2 rings (SSSR count). The van der Waals surface area contributed by atoms with E-state index in [4.69, 9.17) is 0 Å². The SMILES string of the molecule is Cc1ccc([S@](=O)N=[S@](C)(=O)c2ccccc2)cc1. The van der Waals surface area contributed by atoms with Gasteiger partial charge in [0.2, 0.25) is 0 Å². The van der Waals surface area contributed by atoms with E-state index in [2.05, 4.69) is 3.77 Å². The third-order valence-electron chi connectivity index (χ3n) is 2.61. The van der Waals surface area contributed by atoms with Crippen molar-refractivity contribution in [2.45, 2.75) is 16.7 Å². The average Bonchev–Trinajstić information content (AvgIpc) is 2.40. The van der Waals surface area contributed by atoms with Crippen LogP contribution < -0.4 is 0 Å². The molecule has 100 valence electrons. The minimum absolute atomic E-state index is 0.566. The summed E-state index contributed by atoms with van der Waals surface area (Å²) in [5.41, 5.74) is 1.08. The Hall–Kier alpha value is -1.46. The van der Waals surface area contributed by atoms with Crippen molar-refractivity contribution in [1.82, 2.24) is 0 Å². The molecule has 5 heteroatoms. The third kappa shape index (κ3) is 3.52. The van der Waals surface area contributed by atoms with Crippen LogP contribution in [-0.2, 0) is 20.7 Å². The zero-order chi connectivity index (χ0) is 13.9. The molecule has 0 heterocycles. The molecule has 0 aliphatic carbocycles. The van der Waals surface area contributed by atoms with E-state index in [9.17, 15) is 8.42 Å². The Kier molecular flexibility index (Phi) is 4.17. The fourth-order valence-electron chi connectivity index (χ4n) is 1.54. The van der Waals surface area contributed by atoms with Gasteiger partial charge in [0.1, 0.15) is 0 Å². The van der Waals surface area contributed by atoms with Crippen LogP contribution in [0.1, 0.15) is 5.56 Å². The summed E-state index contributed by atoms with van der Waals surface area (Å²) in [4.78, 5) is 1.16. The van der Waals surface area contributed by atoms with Crippen molar-refractivity contribution in [2.24, 2.45) is 3.77 Å². The van der Waals surface area contributed by atoms with Crippen molar-refractivity contribution < 1.29 is 8.42 Å². The fourth-order valence-corrected chi connectivity index (χ4v) is 4.30. The van der Waals surface area contributed by atoms with E-state index in [1.165, 1.54) is 6.26 Å². The van der Waals surface area contributed by atoms with Gasteiger partial charge in [-0.15, -0.1) is 3.77 Å². The molecule has 2 aromatic rings. The molecule has 0 N–H and O–H groups in total. The maximum Gasteiger partial charge on any atom is 0.181 e. The van der Waals surface area contributed by atoms with Crippen LogP contribution in [0.4, 0.5) is 0 Å². The van der Waals surface area contributed by atoms with Crippen LogP contribution in [0.5, 0.6) is 0 Å². The van der Waals surface area contributed by atoms with Gasteiger partial charge in [-0.2, -0.15) is 0 Å². The van der Waals surface area contributed by atoms with Crippen LogP contribution in [0.2, 0.25) is 0 Å². The molecule has 0 radical (unpaired) electrons. The summed E-state index contributed by atoms with van der Waals surface area (Å²) in [5, 5.41) is 0. The highest BCUT2D eigenvalue weighted by Gasteiger charge is 2.09. The molecule has 0 spiro atoms. The van der Waals surface area contributed by atoms with E-state index in [1.54, 1.807) is 36.4 Å². The van der Waals surface area contributed by atoms with Gasteiger partial charge in [-0.25, -0.2) is 8.42 Å². The smallest absolute Gasteiger partial charge is 0.181 e. The van der Waals surface area contributed by atoms with Gasteiger partial charge in [-0.3, -0.25) is 0 Å². The van der Waals surface area contributed by atoms with Crippen molar-refractivity contribution in [1.29, 1.82) is 0 Å². The lowest BCUT2D eigenvalue weighted by atomic mass is 10.2. The van der Waals surface area contributed by atoms with Crippen molar-refractivity contribution >= 4 is 20.7 Å². The molecule has 2 aromatic carbocycles. The number of nitrogens with zero attached hydrogens (tertiary/aromatic N) is 1. The van der Waals surface area contributed by atoms with Crippen LogP contribution in [-0.4, -0.2) is 14.7 Å². The first-order chi connectivity index (χ1) is 8.99. The second-order valence-corrected chi connectivity index (χ2v) is 7.89. The summed E-state index contributed by atoms with van der Waals surface area (Å²) < 4.78 is 28.6. The Morgan fingerprint density at radius 3 is 2.16 bits per heavy atom. The Balaban J connectivity index is 2.38. The summed E-state index contributed by atoms with van der Waals surface area (Å²) in [7, 11) is -4.26. The molecule has 0 aliphatic heterocycles. The zero-order valence-corrected chi connectivity index (χ0v) is 12.4. The van der Waals surface area contributed by atoms with Gasteiger partial charge < -0.3 is 0 Å². The average molecular weight is 293 g/mol. The number of aryl methyl sites for hydroxylation is 1. The van der Waals surface area contributed by atoms with Gasteiger partial charge in [0.05, 0.1) is 14.6 Å². The molecule has 0 aliphatic rings. The molecule has 19 heavy (non-hydrogen) atoms. The van der Waals surface area contributed by atoms with Crippen molar-refractivity contribution in [3.8, 4) is 0 Å². The van der Waals surface area contributed by atoms with Gasteiger partial charge >= 0.3 is 0 Å². The largest absolute Gasteiger partial charge is 0.244 e. The van der Waals surface area contributed by atoms with E-state index >= 15 is 0 Å². The summed E-state index contributed by atoms with van der Waals surface area (Å²) >= 11 is 0. The van der Waals surface area contributed by atoms with E-state index in [-0.39, 0.29) is 0 Å². The van der Waals surface area contributed by atoms with Crippen LogP contribution in [0.15, 0.2) is 68.2 Å². The first-order valence-corrected chi connectivity index (χ1v) is 8.78. The van der Waals surface area contributed by atoms with Crippen LogP contribution in [0.3, 0.4) is 0 Å². The van der Waals surface area contributed by atoms with Crippen molar-refractivity contribution in [3.63, 3.8) is 0 Å². The first-order valence-electron chi connectivity index (χ1n) is 5.75. The minimum atomic E-state index is -2.64. The standard InChI is InChI=1S/C14H15NO2S2/c1-12-8-10-13(11-9-12)18(16)15-19(2,17)14-6-4-3-5-7-14/h3-11H,1-2H3/t18-,19+/m0/s1. The summed E-state index contributed by atoms with van der Waals surface area (Å²) in [5.74, 6) is 0. The minimum Gasteiger partial charge on any atom is -0.244 e. The molecule has 0 unspecified atom stereocenters. The monoisotopic (exact) mass is 293 g/mol. The second kappa shape index (κ2) is 5.67. The van der Waals surface area contributed by atoms with Gasteiger partial charge in [0.15, 0.2) is 11.0 Å². The molecule has 3 nitrogen and oxygen atoms in total. The number of rotatable bonds is 3. The highest BCUT2D eigenvalue weighted by molar-refractivity contribution is 8.00. The molecule has 0 fully saturated rings. The lowest BCUT2D eigenvalue weighted by Gasteiger charge is -2.04. The molecule has 0 aromatic heterocycles. The second-order valence-electron chi connectivity index (χ2n) is 4.25. The maximum absolute atomic E-state index is 12.5. The summed E-state index contributed by atoms with van der Waals surface area (Å²) in [6, 6.07) is 16.1. The Bertz CT molecular complexity index is 700. The molecule has 2 atom stereocenters. The zero-order valence-electron chi connectivity index (χ0n) is 10.8. The third-order valence-corrected chi connectivity index (χ3v) is 6.11. The topological polar surface area (TPSA) is 46.5 Å². The van der Waals surface area contributed by atoms with Gasteiger partial charge in [-0.05, 0) is 31.2 Å². The molecule has 0 saturated heterocycles. The molecular formula is C14H15NO2S2. The predicted molar refractivity (Wildman–Crippen MR) is 78.8 cm³/mol. The molecule has 0 amide bonds. The van der Waals surface area contributed by atoms with Crippen LogP contribution in [0, 0.1) is 6.92 Å². The lowest BCUT2D eigenvalue weighted by molar-refractivity contribution is 0.677.